The molecule has 0 bridgehead atoms. The van der Waals surface area contributed by atoms with Crippen LogP contribution in [-0.4, -0.2) is 61.1 Å². The van der Waals surface area contributed by atoms with Gasteiger partial charge < -0.3 is 14.5 Å². The predicted octanol–water partition coefficient (Wildman–Crippen LogP) is 1.89. The third kappa shape index (κ3) is 3.01. The molecule has 0 aromatic rings. The maximum atomic E-state index is 11.0. The molecule has 2 saturated heterocycles. The van der Waals surface area contributed by atoms with Gasteiger partial charge in [-0.2, -0.15) is 0 Å². The van der Waals surface area contributed by atoms with Gasteiger partial charge in [0.05, 0.1) is 0 Å². The lowest BCUT2D eigenvalue weighted by molar-refractivity contribution is -0.162. The van der Waals surface area contributed by atoms with Crippen molar-refractivity contribution >= 4 is 5.97 Å². The number of hydrogen-bond acceptors (Lipinski definition) is 4. The minimum absolute atomic E-state index is 0.117. The standard InChI is InChI=1S/C16H28N2O2/c1-13(19)20-15-11-16(12-15)5-9-18(10-6-16)14-3-7-17(2)8-4-14/h14-15H,3-12H2,1-2H3. The van der Waals surface area contributed by atoms with Gasteiger partial charge in [0.15, 0.2) is 0 Å². The average molecular weight is 280 g/mol. The fourth-order valence-corrected chi connectivity index (χ4v) is 4.36. The Morgan fingerprint density at radius 2 is 1.70 bits per heavy atom. The van der Waals surface area contributed by atoms with Crippen molar-refractivity contribution in [3.63, 3.8) is 0 Å². The van der Waals surface area contributed by atoms with E-state index in [1.165, 1.54) is 58.8 Å². The third-order valence-corrected chi connectivity index (χ3v) is 5.72. The molecule has 0 radical (unpaired) electrons. The zero-order chi connectivity index (χ0) is 14.2. The normalized spacial score (nSPS) is 29.3. The van der Waals surface area contributed by atoms with E-state index in [1.54, 1.807) is 0 Å². The molecule has 2 heterocycles. The fourth-order valence-electron chi connectivity index (χ4n) is 4.36. The van der Waals surface area contributed by atoms with Crippen molar-refractivity contribution in [2.75, 3.05) is 33.2 Å². The van der Waals surface area contributed by atoms with Crippen LogP contribution in [0.4, 0.5) is 0 Å². The summed E-state index contributed by atoms with van der Waals surface area (Å²) in [5.41, 5.74) is 0.502. The maximum Gasteiger partial charge on any atom is 0.302 e. The number of hydrogen-bond donors (Lipinski definition) is 0. The van der Waals surface area contributed by atoms with Crippen LogP contribution in [0.1, 0.15) is 45.4 Å². The van der Waals surface area contributed by atoms with Crippen LogP contribution in [-0.2, 0) is 9.53 Å². The molecule has 0 aromatic carbocycles. The minimum atomic E-state index is -0.117. The Morgan fingerprint density at radius 1 is 1.10 bits per heavy atom. The molecular formula is C16H28N2O2. The first-order valence-corrected chi connectivity index (χ1v) is 8.16. The van der Waals surface area contributed by atoms with E-state index in [1.807, 2.05) is 0 Å². The smallest absolute Gasteiger partial charge is 0.302 e. The van der Waals surface area contributed by atoms with Gasteiger partial charge in [-0.05, 0) is 77.2 Å². The number of esters is 1. The Morgan fingerprint density at radius 3 is 2.25 bits per heavy atom. The third-order valence-electron chi connectivity index (χ3n) is 5.72. The van der Waals surface area contributed by atoms with Crippen LogP contribution in [0.3, 0.4) is 0 Å². The Hall–Kier alpha value is -0.610. The fraction of sp³-hybridized carbons (Fsp3) is 0.938. The molecule has 2 aliphatic heterocycles. The molecule has 0 unspecified atom stereocenters. The summed E-state index contributed by atoms with van der Waals surface area (Å²) in [5.74, 6) is -0.117. The Labute approximate surface area is 122 Å². The molecule has 0 N–H and O–H groups in total. The highest BCUT2D eigenvalue weighted by Crippen LogP contribution is 2.50. The highest BCUT2D eigenvalue weighted by molar-refractivity contribution is 5.66. The van der Waals surface area contributed by atoms with E-state index in [-0.39, 0.29) is 12.1 Å². The van der Waals surface area contributed by atoms with E-state index >= 15 is 0 Å². The molecule has 3 rings (SSSR count). The summed E-state index contributed by atoms with van der Waals surface area (Å²) in [6, 6.07) is 0.813. The van der Waals surface area contributed by atoms with E-state index in [0.29, 0.717) is 5.41 Å². The van der Waals surface area contributed by atoms with Crippen molar-refractivity contribution in [1.29, 1.82) is 0 Å². The van der Waals surface area contributed by atoms with Gasteiger partial charge in [0.25, 0.3) is 0 Å². The van der Waals surface area contributed by atoms with Gasteiger partial charge in [-0.3, -0.25) is 4.79 Å². The van der Waals surface area contributed by atoms with Crippen molar-refractivity contribution in [2.45, 2.75) is 57.6 Å². The molecule has 3 aliphatic rings. The zero-order valence-electron chi connectivity index (χ0n) is 12.9. The van der Waals surface area contributed by atoms with E-state index < -0.39 is 0 Å². The molecule has 4 heteroatoms. The SMILES string of the molecule is CC(=O)OC1CC2(CCN(C3CCN(C)CC3)CC2)C1. The number of carbonyl (C=O) groups excluding carboxylic acids is 1. The molecule has 4 nitrogen and oxygen atoms in total. The summed E-state index contributed by atoms with van der Waals surface area (Å²) in [7, 11) is 2.23. The number of rotatable bonds is 2. The molecule has 1 aliphatic carbocycles. The number of ether oxygens (including phenoxy) is 1. The summed E-state index contributed by atoms with van der Waals surface area (Å²) in [5, 5.41) is 0. The van der Waals surface area contributed by atoms with Gasteiger partial charge in [-0.15, -0.1) is 0 Å². The average Bonchev–Trinajstić information content (AvgIpc) is 2.38. The molecule has 20 heavy (non-hydrogen) atoms. The van der Waals surface area contributed by atoms with Crippen molar-refractivity contribution < 1.29 is 9.53 Å². The largest absolute Gasteiger partial charge is 0.463 e. The second-order valence-electron chi connectivity index (χ2n) is 7.21. The molecular weight excluding hydrogens is 252 g/mol. The lowest BCUT2D eigenvalue weighted by atomic mass is 9.61. The second-order valence-corrected chi connectivity index (χ2v) is 7.21. The van der Waals surface area contributed by atoms with Gasteiger partial charge in [0.1, 0.15) is 6.10 Å². The van der Waals surface area contributed by atoms with Crippen LogP contribution in [0.15, 0.2) is 0 Å². The predicted molar refractivity (Wildman–Crippen MR) is 78.5 cm³/mol. The minimum Gasteiger partial charge on any atom is -0.463 e. The monoisotopic (exact) mass is 280 g/mol. The number of likely N-dealkylation sites (tertiary alicyclic amines) is 2. The molecule has 0 atom stereocenters. The van der Waals surface area contributed by atoms with E-state index in [2.05, 4.69) is 16.8 Å². The van der Waals surface area contributed by atoms with Crippen LogP contribution < -0.4 is 0 Å². The van der Waals surface area contributed by atoms with Gasteiger partial charge in [0.2, 0.25) is 0 Å². The molecule has 0 aromatic heterocycles. The van der Waals surface area contributed by atoms with Gasteiger partial charge in [-0.25, -0.2) is 0 Å². The molecule has 114 valence electrons. The van der Waals surface area contributed by atoms with Gasteiger partial charge >= 0.3 is 5.97 Å². The molecule has 0 amide bonds. The van der Waals surface area contributed by atoms with E-state index in [0.717, 1.165) is 18.9 Å². The maximum absolute atomic E-state index is 11.0. The first-order valence-electron chi connectivity index (χ1n) is 8.16. The van der Waals surface area contributed by atoms with Crippen molar-refractivity contribution in [1.82, 2.24) is 9.80 Å². The highest BCUT2D eigenvalue weighted by Gasteiger charge is 2.47. The summed E-state index contributed by atoms with van der Waals surface area (Å²) in [6.07, 6.45) is 7.69. The van der Waals surface area contributed by atoms with Gasteiger partial charge in [0, 0.05) is 13.0 Å². The Kier molecular flexibility index (Phi) is 4.04. The molecule has 1 spiro atoms. The van der Waals surface area contributed by atoms with Crippen LogP contribution in [0.5, 0.6) is 0 Å². The second kappa shape index (κ2) is 5.64. The first kappa shape index (κ1) is 14.3. The van der Waals surface area contributed by atoms with Crippen LogP contribution in [0.25, 0.3) is 0 Å². The molecule has 1 saturated carbocycles. The number of carbonyl (C=O) groups is 1. The molecule has 3 fully saturated rings. The van der Waals surface area contributed by atoms with Crippen molar-refractivity contribution in [2.24, 2.45) is 5.41 Å². The summed E-state index contributed by atoms with van der Waals surface area (Å²) in [6.45, 7) is 6.53. The van der Waals surface area contributed by atoms with Crippen LogP contribution in [0.2, 0.25) is 0 Å². The summed E-state index contributed by atoms with van der Waals surface area (Å²) >= 11 is 0. The summed E-state index contributed by atoms with van der Waals surface area (Å²) < 4.78 is 5.31. The van der Waals surface area contributed by atoms with Crippen molar-refractivity contribution in [3.8, 4) is 0 Å². The zero-order valence-corrected chi connectivity index (χ0v) is 12.9. The lowest BCUT2D eigenvalue weighted by Gasteiger charge is -2.53. The topological polar surface area (TPSA) is 32.8 Å². The highest BCUT2D eigenvalue weighted by atomic mass is 16.5. The number of nitrogens with zero attached hydrogens (tertiary/aromatic N) is 2. The van der Waals surface area contributed by atoms with Gasteiger partial charge in [-0.1, -0.05) is 0 Å². The van der Waals surface area contributed by atoms with Crippen LogP contribution >= 0.6 is 0 Å². The lowest BCUT2D eigenvalue weighted by Crippen LogP contribution is -2.53. The Bertz CT molecular complexity index is 347. The van der Waals surface area contributed by atoms with E-state index in [9.17, 15) is 4.79 Å². The number of piperidine rings is 2. The van der Waals surface area contributed by atoms with Crippen LogP contribution in [0, 0.1) is 5.41 Å². The Balaban J connectivity index is 1.43. The van der Waals surface area contributed by atoms with Crippen molar-refractivity contribution in [3.05, 3.63) is 0 Å². The first-order chi connectivity index (χ1) is 9.56. The summed E-state index contributed by atoms with van der Waals surface area (Å²) in [4.78, 5) is 16.1. The quantitative estimate of drug-likeness (QED) is 0.723. The van der Waals surface area contributed by atoms with E-state index in [4.69, 9.17) is 4.74 Å².